The van der Waals surface area contributed by atoms with Gasteiger partial charge in [-0.25, -0.2) is 9.78 Å². The van der Waals surface area contributed by atoms with E-state index in [1.54, 1.807) is 4.90 Å². The number of methoxy groups -OCH3 is 1. The number of hydrogen-bond donors (Lipinski definition) is 0. The molecule has 10 heteroatoms. The Morgan fingerprint density at radius 2 is 1.76 bits per heavy atom. The van der Waals surface area contributed by atoms with E-state index in [2.05, 4.69) is 4.90 Å². The number of aromatic nitrogens is 1. The number of benzene rings is 1. The van der Waals surface area contributed by atoms with E-state index in [1.807, 2.05) is 58.2 Å². The number of ether oxygens (including phenoxy) is 3. The number of pyridine rings is 1. The SMILES string of the molecule is COC(=O)[C@H]1CN(C(=O)OC(C)(C)C)CC[C@H]1c1ccc(N2CC[C@@H](Oc3c(Cl)cc(C)cc3Cl)C2)nc1. The van der Waals surface area contributed by atoms with Crippen LogP contribution in [0.5, 0.6) is 5.75 Å². The van der Waals surface area contributed by atoms with Crippen LogP contribution in [0.4, 0.5) is 10.6 Å². The maximum absolute atomic E-state index is 12.7. The lowest BCUT2D eigenvalue weighted by molar-refractivity contribution is -0.148. The minimum absolute atomic E-state index is 0.0601. The first-order valence-electron chi connectivity index (χ1n) is 12.8. The number of anilines is 1. The maximum atomic E-state index is 12.7. The van der Waals surface area contributed by atoms with Crippen LogP contribution in [-0.2, 0) is 14.3 Å². The minimum Gasteiger partial charge on any atom is -0.485 e. The van der Waals surface area contributed by atoms with Gasteiger partial charge < -0.3 is 24.0 Å². The highest BCUT2D eigenvalue weighted by Gasteiger charge is 2.39. The Labute approximate surface area is 234 Å². The molecule has 0 unspecified atom stereocenters. The van der Waals surface area contributed by atoms with E-state index in [1.165, 1.54) is 7.11 Å². The molecule has 2 saturated heterocycles. The first-order valence-corrected chi connectivity index (χ1v) is 13.6. The zero-order chi connectivity index (χ0) is 27.6. The smallest absolute Gasteiger partial charge is 0.410 e. The zero-order valence-electron chi connectivity index (χ0n) is 22.5. The van der Waals surface area contributed by atoms with Gasteiger partial charge in [-0.3, -0.25) is 4.79 Å². The fourth-order valence-electron chi connectivity index (χ4n) is 5.04. The molecule has 0 saturated carbocycles. The number of hydrogen-bond acceptors (Lipinski definition) is 7. The summed E-state index contributed by atoms with van der Waals surface area (Å²) in [5.74, 6) is 0.397. The Hall–Kier alpha value is -2.71. The standard InChI is InChI=1S/C28H35Cl2N3O5/c1-17-12-22(29)25(23(30)13-17)37-19-8-10-32(15-19)24-7-6-18(14-31-24)20-9-11-33(16-21(20)26(34)36-5)27(35)38-28(2,3)4/h6-7,12-14,19-21H,8-11,15-16H2,1-5H3/t19-,20+,21+/m1/s1. The molecule has 0 N–H and O–H groups in total. The zero-order valence-corrected chi connectivity index (χ0v) is 24.0. The number of halogens is 2. The molecule has 0 radical (unpaired) electrons. The molecule has 2 aliphatic rings. The molecule has 3 atom stereocenters. The van der Waals surface area contributed by atoms with Crippen molar-refractivity contribution in [2.24, 2.45) is 5.92 Å². The van der Waals surface area contributed by atoms with Crippen LogP contribution in [0.2, 0.25) is 10.0 Å². The largest absolute Gasteiger partial charge is 0.485 e. The van der Waals surface area contributed by atoms with Gasteiger partial charge in [0.15, 0.2) is 5.75 Å². The second-order valence-corrected chi connectivity index (χ2v) is 11.7. The summed E-state index contributed by atoms with van der Waals surface area (Å²) in [5, 5.41) is 1.02. The lowest BCUT2D eigenvalue weighted by atomic mass is 9.81. The van der Waals surface area contributed by atoms with E-state index in [0.29, 0.717) is 35.3 Å². The highest BCUT2D eigenvalue weighted by Crippen LogP contribution is 2.37. The molecule has 0 spiro atoms. The quantitative estimate of drug-likeness (QED) is 0.421. The minimum atomic E-state index is -0.604. The van der Waals surface area contributed by atoms with Crippen LogP contribution in [0.1, 0.15) is 50.7 Å². The van der Waals surface area contributed by atoms with Crippen molar-refractivity contribution in [3.05, 3.63) is 51.6 Å². The number of nitrogens with zero attached hydrogens (tertiary/aromatic N) is 3. The van der Waals surface area contributed by atoms with Crippen LogP contribution in [0, 0.1) is 12.8 Å². The predicted octanol–water partition coefficient (Wildman–Crippen LogP) is 5.87. The first kappa shape index (κ1) is 28.3. The van der Waals surface area contributed by atoms with Crippen molar-refractivity contribution in [1.82, 2.24) is 9.88 Å². The Bertz CT molecular complexity index is 1150. The number of likely N-dealkylation sites (tertiary alicyclic amines) is 1. The van der Waals surface area contributed by atoms with Crippen LogP contribution in [0.25, 0.3) is 0 Å². The van der Waals surface area contributed by atoms with Crippen molar-refractivity contribution in [3.8, 4) is 5.75 Å². The summed E-state index contributed by atoms with van der Waals surface area (Å²) in [6.07, 6.45) is 2.77. The molecule has 2 aromatic rings. The Balaban J connectivity index is 1.41. The summed E-state index contributed by atoms with van der Waals surface area (Å²) < 4.78 is 16.7. The van der Waals surface area contributed by atoms with Gasteiger partial charge in [0.05, 0.1) is 29.6 Å². The number of amides is 1. The topological polar surface area (TPSA) is 81.2 Å². The van der Waals surface area contributed by atoms with Crippen molar-refractivity contribution in [3.63, 3.8) is 0 Å². The second-order valence-electron chi connectivity index (χ2n) is 10.9. The number of carbonyl (C=O) groups excluding carboxylic acids is 2. The van der Waals surface area contributed by atoms with Crippen LogP contribution in [0.3, 0.4) is 0 Å². The summed E-state index contributed by atoms with van der Waals surface area (Å²) in [7, 11) is 1.37. The molecular weight excluding hydrogens is 529 g/mol. The normalized spacial score (nSPS) is 21.8. The summed E-state index contributed by atoms with van der Waals surface area (Å²) >= 11 is 12.7. The Morgan fingerprint density at radius 3 is 2.37 bits per heavy atom. The first-order chi connectivity index (χ1) is 17.9. The molecule has 1 amide bonds. The fraction of sp³-hybridized carbons (Fsp3) is 0.536. The third kappa shape index (κ3) is 6.64. The average molecular weight is 565 g/mol. The molecule has 0 aliphatic carbocycles. The van der Waals surface area contributed by atoms with Crippen LogP contribution < -0.4 is 9.64 Å². The van der Waals surface area contributed by atoms with Crippen molar-refractivity contribution in [2.45, 2.75) is 58.2 Å². The molecule has 0 bridgehead atoms. The van der Waals surface area contributed by atoms with Crippen LogP contribution >= 0.6 is 23.2 Å². The molecule has 1 aromatic carbocycles. The van der Waals surface area contributed by atoms with Gasteiger partial charge in [0.2, 0.25) is 0 Å². The van der Waals surface area contributed by atoms with Crippen molar-refractivity contribution >= 4 is 41.1 Å². The van der Waals surface area contributed by atoms with Crippen molar-refractivity contribution in [2.75, 3.05) is 38.2 Å². The molecule has 2 aliphatic heterocycles. The summed E-state index contributed by atoms with van der Waals surface area (Å²) in [5.41, 5.74) is 1.32. The average Bonchev–Trinajstić information content (AvgIpc) is 3.33. The highest BCUT2D eigenvalue weighted by atomic mass is 35.5. The van der Waals surface area contributed by atoms with E-state index >= 15 is 0 Å². The molecule has 4 rings (SSSR count). The summed E-state index contributed by atoms with van der Waals surface area (Å²) in [6, 6.07) is 7.66. The molecular formula is C28H35Cl2N3O5. The third-order valence-corrected chi connectivity index (χ3v) is 7.42. The lowest BCUT2D eigenvalue weighted by Crippen LogP contribution is -2.47. The summed E-state index contributed by atoms with van der Waals surface area (Å²) in [6.45, 7) is 9.58. The molecule has 1 aromatic heterocycles. The Kier molecular flexibility index (Phi) is 8.62. The van der Waals surface area contributed by atoms with Crippen LogP contribution in [0.15, 0.2) is 30.5 Å². The molecule has 3 heterocycles. The molecule has 8 nitrogen and oxygen atoms in total. The number of esters is 1. The van der Waals surface area contributed by atoms with Crippen molar-refractivity contribution < 1.29 is 23.8 Å². The van der Waals surface area contributed by atoms with E-state index in [-0.39, 0.29) is 24.5 Å². The van der Waals surface area contributed by atoms with E-state index in [0.717, 1.165) is 29.9 Å². The molecule has 38 heavy (non-hydrogen) atoms. The highest BCUT2D eigenvalue weighted by molar-refractivity contribution is 6.37. The third-order valence-electron chi connectivity index (χ3n) is 6.86. The van der Waals surface area contributed by atoms with Gasteiger partial charge in [0, 0.05) is 38.2 Å². The number of rotatable bonds is 5. The summed E-state index contributed by atoms with van der Waals surface area (Å²) in [4.78, 5) is 33.7. The van der Waals surface area contributed by atoms with Gasteiger partial charge in [-0.1, -0.05) is 29.3 Å². The molecule has 2 fully saturated rings. The van der Waals surface area contributed by atoms with E-state index in [4.69, 9.17) is 42.4 Å². The number of aryl methyl sites for hydroxylation is 1. The lowest BCUT2D eigenvalue weighted by Gasteiger charge is -2.37. The number of carbonyl (C=O) groups is 2. The fourth-order valence-corrected chi connectivity index (χ4v) is 5.72. The predicted molar refractivity (Wildman–Crippen MR) is 147 cm³/mol. The van der Waals surface area contributed by atoms with E-state index < -0.39 is 17.6 Å². The monoisotopic (exact) mass is 563 g/mol. The molecule has 206 valence electrons. The van der Waals surface area contributed by atoms with Gasteiger partial charge in [0.25, 0.3) is 0 Å². The maximum Gasteiger partial charge on any atom is 0.410 e. The van der Waals surface area contributed by atoms with Gasteiger partial charge >= 0.3 is 12.1 Å². The number of piperidine rings is 1. The Morgan fingerprint density at radius 1 is 1.05 bits per heavy atom. The van der Waals surface area contributed by atoms with Gasteiger partial charge in [-0.2, -0.15) is 0 Å². The van der Waals surface area contributed by atoms with Gasteiger partial charge in [0.1, 0.15) is 17.5 Å². The van der Waals surface area contributed by atoms with E-state index in [9.17, 15) is 9.59 Å². The van der Waals surface area contributed by atoms with Crippen LogP contribution in [-0.4, -0.2) is 66.9 Å². The van der Waals surface area contributed by atoms with Crippen molar-refractivity contribution in [1.29, 1.82) is 0 Å². The second kappa shape index (κ2) is 11.6. The van der Waals surface area contributed by atoms with Gasteiger partial charge in [-0.05, 0) is 63.4 Å². The van der Waals surface area contributed by atoms with Gasteiger partial charge in [-0.15, -0.1) is 0 Å².